The average Bonchev–Trinajstić information content (AvgIpc) is 2.52. The zero-order chi connectivity index (χ0) is 8.32. The Morgan fingerprint density at radius 1 is 1.45 bits per heavy atom. The standard InChI is InChI=1S/C9H15O2/c1-3-9(8(10)11-2)6-4-5-7-9/h3H,4-7H2,1-2H3. The normalized spacial score (nSPS) is 21.6. The topological polar surface area (TPSA) is 26.3 Å². The summed E-state index contributed by atoms with van der Waals surface area (Å²) in [7, 11) is 1.46. The van der Waals surface area contributed by atoms with Gasteiger partial charge in [0, 0.05) is 0 Å². The third kappa shape index (κ3) is 1.39. The molecule has 2 heteroatoms. The first kappa shape index (κ1) is 8.57. The molecule has 2 nitrogen and oxygen atoms in total. The van der Waals surface area contributed by atoms with E-state index in [-0.39, 0.29) is 11.4 Å². The molecule has 0 saturated heterocycles. The number of hydrogen-bond donors (Lipinski definition) is 0. The van der Waals surface area contributed by atoms with Gasteiger partial charge in [0.15, 0.2) is 0 Å². The monoisotopic (exact) mass is 155 g/mol. The number of hydrogen-bond acceptors (Lipinski definition) is 2. The highest BCUT2D eigenvalue weighted by Gasteiger charge is 2.40. The maximum Gasteiger partial charge on any atom is 0.312 e. The molecule has 1 aliphatic carbocycles. The molecule has 0 heterocycles. The third-order valence-electron chi connectivity index (χ3n) is 2.64. The highest BCUT2D eigenvalue weighted by Crippen LogP contribution is 2.41. The molecule has 1 aliphatic rings. The van der Waals surface area contributed by atoms with E-state index in [2.05, 4.69) is 0 Å². The van der Waals surface area contributed by atoms with Gasteiger partial charge in [0.25, 0.3) is 0 Å². The Kier molecular flexibility index (Phi) is 2.53. The van der Waals surface area contributed by atoms with Gasteiger partial charge in [-0.3, -0.25) is 4.79 Å². The molecule has 0 unspecified atom stereocenters. The minimum absolute atomic E-state index is 0.0579. The van der Waals surface area contributed by atoms with Crippen LogP contribution in [-0.2, 0) is 9.53 Å². The van der Waals surface area contributed by atoms with Crippen molar-refractivity contribution in [2.45, 2.75) is 32.6 Å². The molecule has 0 atom stereocenters. The molecule has 0 aromatic rings. The summed E-state index contributed by atoms with van der Waals surface area (Å²) >= 11 is 0. The Labute approximate surface area is 67.9 Å². The van der Waals surface area contributed by atoms with Crippen molar-refractivity contribution in [3.8, 4) is 0 Å². The Morgan fingerprint density at radius 2 is 2.00 bits per heavy atom. The molecule has 0 spiro atoms. The van der Waals surface area contributed by atoms with Crippen LogP contribution in [0.4, 0.5) is 0 Å². The van der Waals surface area contributed by atoms with E-state index in [0.29, 0.717) is 0 Å². The minimum Gasteiger partial charge on any atom is -0.469 e. The lowest BCUT2D eigenvalue weighted by molar-refractivity contribution is -0.150. The van der Waals surface area contributed by atoms with Crippen LogP contribution >= 0.6 is 0 Å². The second-order valence-electron chi connectivity index (χ2n) is 3.14. The number of carbonyl (C=O) groups excluding carboxylic acids is 1. The van der Waals surface area contributed by atoms with Crippen molar-refractivity contribution in [3.63, 3.8) is 0 Å². The molecule has 0 amide bonds. The van der Waals surface area contributed by atoms with E-state index < -0.39 is 0 Å². The van der Waals surface area contributed by atoms with E-state index in [4.69, 9.17) is 4.74 Å². The summed E-state index contributed by atoms with van der Waals surface area (Å²) in [6, 6.07) is 0. The van der Waals surface area contributed by atoms with Gasteiger partial charge < -0.3 is 4.74 Å². The van der Waals surface area contributed by atoms with E-state index in [0.717, 1.165) is 25.7 Å². The minimum atomic E-state index is -0.241. The Balaban J connectivity index is 2.66. The zero-order valence-electron chi connectivity index (χ0n) is 7.22. The molecule has 0 aromatic carbocycles. The van der Waals surface area contributed by atoms with Gasteiger partial charge in [0.2, 0.25) is 0 Å². The van der Waals surface area contributed by atoms with Crippen molar-refractivity contribution in [1.82, 2.24) is 0 Å². The molecule has 0 N–H and O–H groups in total. The van der Waals surface area contributed by atoms with E-state index in [1.165, 1.54) is 7.11 Å². The second kappa shape index (κ2) is 3.24. The fraction of sp³-hybridized carbons (Fsp3) is 0.778. The van der Waals surface area contributed by atoms with Crippen LogP contribution < -0.4 is 0 Å². The fourth-order valence-corrected chi connectivity index (χ4v) is 1.82. The Bertz CT molecular complexity index is 146. The number of carbonyl (C=O) groups is 1. The van der Waals surface area contributed by atoms with Gasteiger partial charge >= 0.3 is 5.97 Å². The lowest BCUT2D eigenvalue weighted by atomic mass is 9.84. The fourth-order valence-electron chi connectivity index (χ4n) is 1.82. The summed E-state index contributed by atoms with van der Waals surface area (Å²) in [6.45, 7) is 1.95. The average molecular weight is 155 g/mol. The van der Waals surface area contributed by atoms with Crippen molar-refractivity contribution in [3.05, 3.63) is 6.42 Å². The maximum absolute atomic E-state index is 11.3. The maximum atomic E-state index is 11.3. The quantitative estimate of drug-likeness (QED) is 0.570. The summed E-state index contributed by atoms with van der Waals surface area (Å²) in [5.74, 6) is -0.0579. The van der Waals surface area contributed by atoms with Crippen LogP contribution in [0.3, 0.4) is 0 Å². The molecular formula is C9H15O2. The van der Waals surface area contributed by atoms with Crippen molar-refractivity contribution in [1.29, 1.82) is 0 Å². The molecule has 1 fully saturated rings. The Hall–Kier alpha value is -0.530. The van der Waals surface area contributed by atoms with E-state index in [9.17, 15) is 4.79 Å². The lowest BCUT2D eigenvalue weighted by Crippen LogP contribution is -2.28. The van der Waals surface area contributed by atoms with Crippen LogP contribution in [0.2, 0.25) is 0 Å². The van der Waals surface area contributed by atoms with Gasteiger partial charge in [-0.1, -0.05) is 19.8 Å². The van der Waals surface area contributed by atoms with Gasteiger partial charge in [0.05, 0.1) is 12.5 Å². The number of ether oxygens (including phenoxy) is 1. The summed E-state index contributed by atoms with van der Waals surface area (Å²) in [5, 5.41) is 0. The van der Waals surface area contributed by atoms with E-state index in [1.807, 2.05) is 13.3 Å². The molecule has 1 saturated carbocycles. The molecular weight excluding hydrogens is 140 g/mol. The van der Waals surface area contributed by atoms with Crippen LogP contribution in [0, 0.1) is 11.8 Å². The lowest BCUT2D eigenvalue weighted by Gasteiger charge is -2.22. The smallest absolute Gasteiger partial charge is 0.312 e. The number of rotatable bonds is 2. The van der Waals surface area contributed by atoms with Crippen LogP contribution in [-0.4, -0.2) is 13.1 Å². The van der Waals surface area contributed by atoms with E-state index >= 15 is 0 Å². The largest absolute Gasteiger partial charge is 0.469 e. The van der Waals surface area contributed by atoms with Crippen molar-refractivity contribution in [2.24, 2.45) is 5.41 Å². The highest BCUT2D eigenvalue weighted by atomic mass is 16.5. The summed E-state index contributed by atoms with van der Waals surface area (Å²) in [5.41, 5.74) is -0.241. The van der Waals surface area contributed by atoms with Crippen LogP contribution in [0.1, 0.15) is 32.6 Å². The third-order valence-corrected chi connectivity index (χ3v) is 2.64. The number of esters is 1. The molecule has 0 bridgehead atoms. The highest BCUT2D eigenvalue weighted by molar-refractivity contribution is 5.78. The summed E-state index contributed by atoms with van der Waals surface area (Å²) in [4.78, 5) is 11.3. The van der Waals surface area contributed by atoms with Crippen molar-refractivity contribution < 1.29 is 9.53 Å². The first-order valence-corrected chi connectivity index (χ1v) is 4.14. The van der Waals surface area contributed by atoms with Crippen LogP contribution in [0.15, 0.2) is 0 Å². The summed E-state index contributed by atoms with van der Waals surface area (Å²) in [6.07, 6.45) is 6.23. The molecule has 63 valence electrons. The molecule has 0 aromatic heterocycles. The Morgan fingerprint density at radius 3 is 2.36 bits per heavy atom. The molecule has 1 rings (SSSR count). The van der Waals surface area contributed by atoms with Gasteiger partial charge in [-0.25, -0.2) is 0 Å². The van der Waals surface area contributed by atoms with Gasteiger partial charge in [-0.2, -0.15) is 0 Å². The SMILES string of the molecule is C[CH]C1(C(=O)OC)CCCC1. The van der Waals surface area contributed by atoms with Crippen LogP contribution in [0.25, 0.3) is 0 Å². The van der Waals surface area contributed by atoms with Gasteiger partial charge in [-0.05, 0) is 19.3 Å². The van der Waals surface area contributed by atoms with E-state index in [1.54, 1.807) is 0 Å². The van der Waals surface area contributed by atoms with Gasteiger partial charge in [-0.15, -0.1) is 0 Å². The van der Waals surface area contributed by atoms with Crippen molar-refractivity contribution >= 4 is 5.97 Å². The summed E-state index contributed by atoms with van der Waals surface area (Å²) < 4.78 is 4.76. The van der Waals surface area contributed by atoms with Crippen molar-refractivity contribution in [2.75, 3.05) is 7.11 Å². The molecule has 0 aliphatic heterocycles. The zero-order valence-corrected chi connectivity index (χ0v) is 7.22. The number of methoxy groups -OCH3 is 1. The predicted molar refractivity (Wildman–Crippen MR) is 42.9 cm³/mol. The molecule has 1 radical (unpaired) electrons. The van der Waals surface area contributed by atoms with Gasteiger partial charge in [0.1, 0.15) is 0 Å². The first-order valence-electron chi connectivity index (χ1n) is 4.14. The second-order valence-corrected chi connectivity index (χ2v) is 3.14. The molecule has 11 heavy (non-hydrogen) atoms. The predicted octanol–water partition coefficient (Wildman–Crippen LogP) is 1.94. The first-order chi connectivity index (χ1) is 5.25. The van der Waals surface area contributed by atoms with Crippen LogP contribution in [0.5, 0.6) is 0 Å².